The summed E-state index contributed by atoms with van der Waals surface area (Å²) in [5, 5.41) is 18.3. The van der Waals surface area contributed by atoms with Crippen molar-refractivity contribution < 1.29 is 14.3 Å². The van der Waals surface area contributed by atoms with Gasteiger partial charge in [-0.15, -0.1) is 0 Å². The normalized spacial score (nSPS) is 20.8. The molecule has 10 heteroatoms. The van der Waals surface area contributed by atoms with Crippen LogP contribution in [0.3, 0.4) is 0 Å². The molecule has 3 heterocycles. The second-order valence-corrected chi connectivity index (χ2v) is 11.9. The first-order valence-electron chi connectivity index (χ1n) is 14.8. The molecule has 2 aliphatic heterocycles. The molecular formula is C32H40ClFN6O2. The van der Waals surface area contributed by atoms with E-state index in [-0.39, 0.29) is 23.0 Å². The monoisotopic (exact) mass is 594 g/mol. The van der Waals surface area contributed by atoms with Gasteiger partial charge in [0.05, 0.1) is 10.7 Å². The molecule has 2 aliphatic rings. The van der Waals surface area contributed by atoms with Gasteiger partial charge in [0.15, 0.2) is 5.82 Å². The van der Waals surface area contributed by atoms with Gasteiger partial charge in [-0.1, -0.05) is 30.2 Å². The highest BCUT2D eigenvalue weighted by atomic mass is 35.5. The molecule has 0 saturated carbocycles. The standard InChI is InChI=1S/C32H40ClFN6O2/c1-19(35)5-3-6-21-15-26(30(34)27(33)16-21)29-17-23-18-40(32(42)39-31(23)38-29)25-11-9-22(10-12-25)28-8-4-7-24(37-28)13-14-36-20(2)41/h9-12,15-19,24,28,32,37,42H,3-8,13-14,35H2,1-2H3,(H,36,41)(H,38,39)/t19-,24-,28-,32?/m0/s1. The molecule has 6 N–H and O–H groups in total. The van der Waals surface area contributed by atoms with Crippen molar-refractivity contribution in [2.45, 2.75) is 83.3 Å². The largest absolute Gasteiger partial charge is 0.356 e. The lowest BCUT2D eigenvalue weighted by atomic mass is 9.92. The summed E-state index contributed by atoms with van der Waals surface area (Å²) < 4.78 is 15.1. The molecule has 5 rings (SSSR count). The van der Waals surface area contributed by atoms with Gasteiger partial charge in [-0.3, -0.25) is 4.79 Å². The summed E-state index contributed by atoms with van der Waals surface area (Å²) in [5.41, 5.74) is 10.2. The van der Waals surface area contributed by atoms with Gasteiger partial charge in [-0.2, -0.15) is 0 Å². The summed E-state index contributed by atoms with van der Waals surface area (Å²) >= 11 is 6.26. The summed E-state index contributed by atoms with van der Waals surface area (Å²) in [7, 11) is 0. The molecule has 0 aliphatic carbocycles. The highest BCUT2D eigenvalue weighted by molar-refractivity contribution is 6.31. The maximum absolute atomic E-state index is 15.1. The Bertz CT molecular complexity index is 1520. The van der Waals surface area contributed by atoms with Crippen molar-refractivity contribution in [3.05, 3.63) is 75.1 Å². The van der Waals surface area contributed by atoms with E-state index in [1.54, 1.807) is 17.9 Å². The van der Waals surface area contributed by atoms with E-state index >= 15 is 4.39 Å². The molecule has 3 aromatic rings. The third kappa shape index (κ3) is 7.21. The number of hydrogen-bond acceptors (Lipinski definition) is 6. The maximum Gasteiger partial charge on any atom is 0.231 e. The molecule has 1 unspecified atom stereocenters. The van der Waals surface area contributed by atoms with Crippen LogP contribution in [0.1, 0.15) is 69.5 Å². The zero-order valence-corrected chi connectivity index (χ0v) is 24.9. The predicted octanol–water partition coefficient (Wildman–Crippen LogP) is 4.01. The van der Waals surface area contributed by atoms with Gasteiger partial charge in [-0.25, -0.2) is 9.38 Å². The minimum Gasteiger partial charge on any atom is -0.356 e. The molecule has 1 saturated heterocycles. The minimum atomic E-state index is -1.13. The number of aromatic amines is 1. The number of nitrogens with two attached hydrogens (primary N) is 1. The van der Waals surface area contributed by atoms with Crippen molar-refractivity contribution in [2.24, 2.45) is 10.7 Å². The number of piperidine rings is 1. The number of carbonyl (C=O) groups excluding carboxylic acids is 1. The number of aryl methyl sites for hydroxylation is 1. The molecule has 4 atom stereocenters. The van der Waals surface area contributed by atoms with Crippen LogP contribution in [0.15, 0.2) is 47.5 Å². The smallest absolute Gasteiger partial charge is 0.231 e. The first-order chi connectivity index (χ1) is 20.2. The average Bonchev–Trinajstić information content (AvgIpc) is 3.37. The van der Waals surface area contributed by atoms with Crippen LogP contribution in [0, 0.1) is 5.82 Å². The van der Waals surface area contributed by atoms with E-state index in [0.717, 1.165) is 61.4 Å². The molecular weight excluding hydrogens is 555 g/mol. The fourth-order valence-corrected chi connectivity index (χ4v) is 6.08. The Morgan fingerprint density at radius 2 is 2.05 bits per heavy atom. The van der Waals surface area contributed by atoms with Gasteiger partial charge in [0.2, 0.25) is 12.3 Å². The van der Waals surface area contributed by atoms with Crippen molar-refractivity contribution >= 4 is 29.4 Å². The number of rotatable bonds is 10. The van der Waals surface area contributed by atoms with Crippen molar-refractivity contribution in [2.75, 3.05) is 11.4 Å². The summed E-state index contributed by atoms with van der Waals surface area (Å²) in [6.45, 7) is 4.19. The van der Waals surface area contributed by atoms with Crippen molar-refractivity contribution in [3.63, 3.8) is 0 Å². The molecule has 8 nitrogen and oxygen atoms in total. The highest BCUT2D eigenvalue weighted by Gasteiger charge is 2.23. The van der Waals surface area contributed by atoms with Crippen LogP contribution in [0.25, 0.3) is 17.5 Å². The number of nitrogens with zero attached hydrogens (tertiary/aromatic N) is 2. The van der Waals surface area contributed by atoms with Gasteiger partial charge in [0, 0.05) is 54.3 Å². The van der Waals surface area contributed by atoms with E-state index in [9.17, 15) is 9.90 Å². The number of nitrogens with one attached hydrogen (secondary N) is 3. The Morgan fingerprint density at radius 1 is 1.26 bits per heavy atom. The van der Waals surface area contributed by atoms with Gasteiger partial charge < -0.3 is 31.4 Å². The number of benzene rings is 2. The molecule has 42 heavy (non-hydrogen) atoms. The summed E-state index contributed by atoms with van der Waals surface area (Å²) in [5.74, 6) is -0.494. The van der Waals surface area contributed by atoms with E-state index in [0.29, 0.717) is 29.3 Å². The van der Waals surface area contributed by atoms with Crippen LogP contribution in [-0.2, 0) is 11.2 Å². The van der Waals surface area contributed by atoms with E-state index in [1.165, 1.54) is 5.56 Å². The fraction of sp³-hybridized carbons (Fsp3) is 0.438. The highest BCUT2D eigenvalue weighted by Crippen LogP contribution is 2.30. The lowest BCUT2D eigenvalue weighted by molar-refractivity contribution is -0.118. The topological polar surface area (TPSA) is 119 Å². The van der Waals surface area contributed by atoms with Crippen LogP contribution in [0.4, 0.5) is 10.1 Å². The number of halogens is 2. The van der Waals surface area contributed by atoms with E-state index in [4.69, 9.17) is 17.3 Å². The van der Waals surface area contributed by atoms with Gasteiger partial charge in [0.1, 0.15) is 5.49 Å². The minimum absolute atomic E-state index is 0.00101. The Kier molecular flexibility index (Phi) is 9.63. The molecule has 2 aromatic carbocycles. The second-order valence-electron chi connectivity index (χ2n) is 11.5. The molecule has 1 amide bonds. The van der Waals surface area contributed by atoms with E-state index < -0.39 is 12.2 Å². The molecule has 0 bridgehead atoms. The van der Waals surface area contributed by atoms with Crippen molar-refractivity contribution in [1.29, 1.82) is 0 Å². The van der Waals surface area contributed by atoms with Gasteiger partial charge in [-0.05, 0) is 86.9 Å². The number of H-pyrrole nitrogens is 1. The first-order valence-corrected chi connectivity index (χ1v) is 15.1. The van der Waals surface area contributed by atoms with Crippen LogP contribution in [0.2, 0.25) is 5.02 Å². The quantitative estimate of drug-likeness (QED) is 0.243. The van der Waals surface area contributed by atoms with E-state index in [2.05, 4.69) is 32.7 Å². The summed E-state index contributed by atoms with van der Waals surface area (Å²) in [4.78, 5) is 20.5. The van der Waals surface area contributed by atoms with Crippen LogP contribution in [-0.4, -0.2) is 41.0 Å². The Labute approximate surface area is 250 Å². The number of aromatic nitrogens is 1. The average molecular weight is 595 g/mol. The number of fused-ring (bicyclic) bond motifs is 1. The van der Waals surface area contributed by atoms with Crippen molar-refractivity contribution in [3.8, 4) is 11.3 Å². The van der Waals surface area contributed by atoms with Crippen molar-refractivity contribution in [1.82, 2.24) is 15.6 Å². The number of amides is 1. The number of anilines is 1. The molecule has 1 aromatic heterocycles. The second kappa shape index (κ2) is 13.4. The number of aliphatic hydroxyl groups is 1. The van der Waals surface area contributed by atoms with E-state index in [1.807, 2.05) is 37.4 Å². The Morgan fingerprint density at radius 3 is 2.79 bits per heavy atom. The van der Waals surface area contributed by atoms with Gasteiger partial charge >= 0.3 is 0 Å². The Hall–Kier alpha value is -3.24. The zero-order chi connectivity index (χ0) is 29.8. The summed E-state index contributed by atoms with van der Waals surface area (Å²) in [6.07, 6.45) is 7.39. The Balaban J connectivity index is 1.32. The third-order valence-electron chi connectivity index (χ3n) is 8.04. The van der Waals surface area contributed by atoms with Crippen LogP contribution >= 0.6 is 11.6 Å². The number of aliphatic hydroxyl groups excluding tert-OH is 1. The predicted molar refractivity (Wildman–Crippen MR) is 165 cm³/mol. The molecule has 0 spiro atoms. The SMILES string of the molecule is CC(=O)NCC[C@@H]1CCC[C@@H](c2ccc(N3C=c4cc(-c5cc(CCC[C@H](C)N)cc(Cl)c5F)[nH]c4=NC3O)cc2)N1. The zero-order valence-electron chi connectivity index (χ0n) is 24.2. The number of hydrogen-bond donors (Lipinski definition) is 5. The third-order valence-corrected chi connectivity index (χ3v) is 8.32. The molecule has 224 valence electrons. The summed E-state index contributed by atoms with van der Waals surface area (Å²) in [6, 6.07) is 14.2. The number of carbonyl (C=O) groups is 1. The first kappa shape index (κ1) is 30.2. The molecule has 0 radical (unpaired) electrons. The lowest BCUT2D eigenvalue weighted by Crippen LogP contribution is -2.41. The fourth-order valence-electron chi connectivity index (χ4n) is 5.84. The van der Waals surface area contributed by atoms with Gasteiger partial charge in [0.25, 0.3) is 0 Å². The van der Waals surface area contributed by atoms with Crippen LogP contribution in [0.5, 0.6) is 0 Å². The van der Waals surface area contributed by atoms with Crippen LogP contribution < -0.4 is 32.0 Å². The lowest BCUT2D eigenvalue weighted by Gasteiger charge is -2.32. The maximum atomic E-state index is 15.1. The molecule has 1 fully saturated rings.